The van der Waals surface area contributed by atoms with Gasteiger partial charge in [-0.3, -0.25) is 9.59 Å². The van der Waals surface area contributed by atoms with Crippen molar-refractivity contribution in [3.8, 4) is 11.1 Å². The van der Waals surface area contributed by atoms with Gasteiger partial charge in [0.1, 0.15) is 0 Å². The maximum atomic E-state index is 12.3. The number of carbonyl (C=O) groups excluding carboxylic acids is 2. The van der Waals surface area contributed by atoms with Gasteiger partial charge in [0, 0.05) is 23.4 Å². The molecule has 0 saturated carbocycles. The van der Waals surface area contributed by atoms with E-state index in [-0.39, 0.29) is 18.2 Å². The highest BCUT2D eigenvalue weighted by Crippen LogP contribution is 2.27. The molecule has 136 valence electrons. The summed E-state index contributed by atoms with van der Waals surface area (Å²) in [6, 6.07) is 17.6. The third-order valence-corrected chi connectivity index (χ3v) is 3.83. The van der Waals surface area contributed by atoms with E-state index in [0.717, 1.165) is 29.7 Å². The quantitative estimate of drug-likeness (QED) is 0.548. The highest BCUT2D eigenvalue weighted by Gasteiger charge is 2.09. The predicted octanol–water partition coefficient (Wildman–Crippen LogP) is 4.36. The van der Waals surface area contributed by atoms with Gasteiger partial charge in [-0.2, -0.15) is 5.10 Å². The largest absolute Gasteiger partial charge is 0.325 e. The summed E-state index contributed by atoms with van der Waals surface area (Å²) in [5.74, 6) is -0.293. The fourth-order valence-electron chi connectivity index (χ4n) is 2.48. The van der Waals surface area contributed by atoms with Crippen molar-refractivity contribution in [2.75, 3.05) is 5.32 Å². The highest BCUT2D eigenvalue weighted by molar-refractivity contribution is 6.07. The van der Waals surface area contributed by atoms with Crippen LogP contribution < -0.4 is 10.7 Å². The minimum atomic E-state index is -0.169. The van der Waals surface area contributed by atoms with Gasteiger partial charge in [-0.05, 0) is 25.0 Å². The van der Waals surface area contributed by atoms with E-state index < -0.39 is 0 Å². The van der Waals surface area contributed by atoms with Crippen LogP contribution in [0.2, 0.25) is 0 Å². The minimum absolute atomic E-state index is 0.122. The van der Waals surface area contributed by atoms with Crippen LogP contribution >= 0.6 is 0 Å². The number of hydrogen-bond donors (Lipinski definition) is 2. The number of rotatable bonds is 8. The van der Waals surface area contributed by atoms with Gasteiger partial charge in [-0.15, -0.1) is 0 Å². The van der Waals surface area contributed by atoms with Crippen LogP contribution in [0.25, 0.3) is 11.1 Å². The average molecular weight is 351 g/mol. The molecule has 2 amide bonds. The van der Waals surface area contributed by atoms with Crippen molar-refractivity contribution in [3.05, 3.63) is 54.6 Å². The molecule has 2 N–H and O–H groups in total. The van der Waals surface area contributed by atoms with Crippen LogP contribution in [0.15, 0.2) is 59.7 Å². The minimum Gasteiger partial charge on any atom is -0.325 e. The van der Waals surface area contributed by atoms with Crippen molar-refractivity contribution in [1.29, 1.82) is 0 Å². The first-order valence-electron chi connectivity index (χ1n) is 8.86. The molecule has 0 fully saturated rings. The molecular weight excluding hydrogens is 326 g/mol. The molecule has 0 unspecified atom stereocenters. The van der Waals surface area contributed by atoms with Crippen LogP contribution in [0.5, 0.6) is 0 Å². The molecule has 2 aromatic carbocycles. The SMILES string of the molecule is CCCCC(=O)N/N=C(/C)CC(=O)Nc1ccccc1-c1ccccc1. The van der Waals surface area contributed by atoms with Gasteiger partial charge in [0.25, 0.3) is 0 Å². The van der Waals surface area contributed by atoms with Crippen LogP contribution in [0.4, 0.5) is 5.69 Å². The maximum absolute atomic E-state index is 12.3. The number of unbranched alkanes of at least 4 members (excludes halogenated alkanes) is 1. The number of amides is 2. The molecule has 2 aromatic rings. The Morgan fingerprint density at radius 1 is 0.962 bits per heavy atom. The van der Waals surface area contributed by atoms with E-state index >= 15 is 0 Å². The summed E-state index contributed by atoms with van der Waals surface area (Å²) >= 11 is 0. The van der Waals surface area contributed by atoms with E-state index in [1.807, 2.05) is 61.5 Å². The Balaban J connectivity index is 1.97. The summed E-state index contributed by atoms with van der Waals surface area (Å²) in [6.07, 6.45) is 2.36. The Morgan fingerprint density at radius 2 is 1.65 bits per heavy atom. The lowest BCUT2D eigenvalue weighted by Gasteiger charge is -2.11. The zero-order valence-electron chi connectivity index (χ0n) is 15.3. The number of benzene rings is 2. The third kappa shape index (κ3) is 6.16. The molecule has 0 bridgehead atoms. The molecule has 0 radical (unpaired) electrons. The smallest absolute Gasteiger partial charge is 0.240 e. The van der Waals surface area contributed by atoms with E-state index in [0.29, 0.717) is 12.1 Å². The maximum Gasteiger partial charge on any atom is 0.240 e. The number of anilines is 1. The molecule has 5 nitrogen and oxygen atoms in total. The number of nitrogens with one attached hydrogen (secondary N) is 2. The number of hydrogen-bond acceptors (Lipinski definition) is 3. The second-order valence-electron chi connectivity index (χ2n) is 6.12. The van der Waals surface area contributed by atoms with E-state index in [2.05, 4.69) is 15.8 Å². The van der Waals surface area contributed by atoms with E-state index in [4.69, 9.17) is 0 Å². The second-order valence-corrected chi connectivity index (χ2v) is 6.12. The summed E-state index contributed by atoms with van der Waals surface area (Å²) in [5.41, 5.74) is 5.81. The van der Waals surface area contributed by atoms with Gasteiger partial charge in [-0.1, -0.05) is 61.9 Å². The van der Waals surface area contributed by atoms with Crippen LogP contribution in [-0.4, -0.2) is 17.5 Å². The average Bonchev–Trinajstić information content (AvgIpc) is 2.65. The van der Waals surface area contributed by atoms with Gasteiger partial charge in [0.15, 0.2) is 0 Å². The lowest BCUT2D eigenvalue weighted by atomic mass is 10.0. The van der Waals surface area contributed by atoms with Gasteiger partial charge in [-0.25, -0.2) is 5.43 Å². The van der Waals surface area contributed by atoms with Crippen LogP contribution in [0, 0.1) is 0 Å². The monoisotopic (exact) mass is 351 g/mol. The van der Waals surface area contributed by atoms with Crippen molar-refractivity contribution >= 4 is 23.2 Å². The predicted molar refractivity (Wildman–Crippen MR) is 106 cm³/mol. The van der Waals surface area contributed by atoms with Crippen molar-refractivity contribution in [1.82, 2.24) is 5.43 Å². The lowest BCUT2D eigenvalue weighted by Crippen LogP contribution is -2.21. The molecule has 0 aliphatic heterocycles. The van der Waals surface area contributed by atoms with Crippen LogP contribution in [0.3, 0.4) is 0 Å². The number of para-hydroxylation sites is 1. The molecule has 0 heterocycles. The first-order valence-corrected chi connectivity index (χ1v) is 8.86. The molecule has 0 atom stereocenters. The van der Waals surface area contributed by atoms with E-state index in [1.54, 1.807) is 6.92 Å². The van der Waals surface area contributed by atoms with Crippen molar-refractivity contribution in [2.24, 2.45) is 5.10 Å². The molecule has 0 aliphatic rings. The number of nitrogens with zero attached hydrogens (tertiary/aromatic N) is 1. The Bertz CT molecular complexity index is 770. The van der Waals surface area contributed by atoms with Crippen LogP contribution in [-0.2, 0) is 9.59 Å². The highest BCUT2D eigenvalue weighted by atomic mass is 16.2. The van der Waals surface area contributed by atoms with E-state index in [9.17, 15) is 9.59 Å². The molecule has 0 saturated heterocycles. The number of carbonyl (C=O) groups is 2. The molecule has 0 spiro atoms. The normalized spacial score (nSPS) is 11.1. The Kier molecular flexibility index (Phi) is 7.55. The molecule has 2 rings (SSSR count). The van der Waals surface area contributed by atoms with Gasteiger partial charge in [0.05, 0.1) is 6.42 Å². The van der Waals surface area contributed by atoms with Gasteiger partial charge >= 0.3 is 0 Å². The van der Waals surface area contributed by atoms with E-state index in [1.165, 1.54) is 0 Å². The van der Waals surface area contributed by atoms with Gasteiger partial charge in [0.2, 0.25) is 11.8 Å². The standard InChI is InChI=1S/C21H25N3O2/c1-3-4-14-20(25)24-23-16(2)15-21(26)22-19-13-9-8-12-18(19)17-10-6-5-7-11-17/h5-13H,3-4,14-15H2,1-2H3,(H,22,26)(H,24,25)/b23-16-. The Hall–Kier alpha value is -2.95. The van der Waals surface area contributed by atoms with Gasteiger partial charge < -0.3 is 5.32 Å². The zero-order valence-corrected chi connectivity index (χ0v) is 15.3. The third-order valence-electron chi connectivity index (χ3n) is 3.83. The first-order chi connectivity index (χ1) is 12.6. The lowest BCUT2D eigenvalue weighted by molar-refractivity contribution is -0.121. The fraction of sp³-hybridized carbons (Fsp3) is 0.286. The van der Waals surface area contributed by atoms with Crippen molar-refractivity contribution in [3.63, 3.8) is 0 Å². The summed E-state index contributed by atoms with van der Waals surface area (Å²) < 4.78 is 0. The summed E-state index contributed by atoms with van der Waals surface area (Å²) in [5, 5.41) is 6.92. The fourth-order valence-corrected chi connectivity index (χ4v) is 2.48. The topological polar surface area (TPSA) is 70.6 Å². The molecular formula is C21H25N3O2. The van der Waals surface area contributed by atoms with Crippen molar-refractivity contribution in [2.45, 2.75) is 39.5 Å². The molecule has 0 aromatic heterocycles. The number of hydrazone groups is 1. The molecule has 0 aliphatic carbocycles. The Labute approximate surface area is 154 Å². The second kappa shape index (κ2) is 10.1. The van der Waals surface area contributed by atoms with Crippen molar-refractivity contribution < 1.29 is 9.59 Å². The zero-order chi connectivity index (χ0) is 18.8. The summed E-state index contributed by atoms with van der Waals surface area (Å²) in [6.45, 7) is 3.75. The Morgan fingerprint density at radius 3 is 2.38 bits per heavy atom. The molecule has 5 heteroatoms. The summed E-state index contributed by atoms with van der Waals surface area (Å²) in [4.78, 5) is 23.9. The summed E-state index contributed by atoms with van der Waals surface area (Å²) in [7, 11) is 0. The first kappa shape index (κ1) is 19.4. The van der Waals surface area contributed by atoms with Crippen LogP contribution in [0.1, 0.15) is 39.5 Å². The molecule has 26 heavy (non-hydrogen) atoms.